The number of aromatic nitrogens is 3. The number of carbonyl (C=O) groups excluding carboxylic acids is 1. The average molecular weight is 376 g/mol. The molecule has 2 heterocycles. The fraction of sp³-hybridized carbons (Fsp3) is 0.100. The van der Waals surface area contributed by atoms with Crippen molar-refractivity contribution in [1.29, 1.82) is 0 Å². The molecule has 0 aliphatic carbocycles. The molecule has 2 aromatic carbocycles. The Hall–Kier alpha value is -3.32. The van der Waals surface area contributed by atoms with E-state index in [9.17, 15) is 9.59 Å². The second-order valence-electron chi connectivity index (χ2n) is 6.19. The van der Waals surface area contributed by atoms with Crippen LogP contribution in [0.15, 0.2) is 59.4 Å². The molecule has 1 amide bonds. The van der Waals surface area contributed by atoms with Crippen molar-refractivity contribution in [2.75, 3.05) is 5.32 Å². The van der Waals surface area contributed by atoms with Gasteiger partial charge in [0.2, 0.25) is 5.43 Å². The van der Waals surface area contributed by atoms with Crippen molar-refractivity contribution in [3.63, 3.8) is 0 Å². The predicted octanol–water partition coefficient (Wildman–Crippen LogP) is 3.71. The standard InChI is InChI=1S/C20H16N4O2S/c1-12-8-9-15-17(10-12)27-20(21-15)22-19(26)18-16(25)11-13(2)24(23-18)14-6-4-3-5-7-14/h3-11H,1-2H3,(H,21,22,26). The van der Waals surface area contributed by atoms with E-state index in [0.717, 1.165) is 21.5 Å². The molecule has 4 rings (SSSR count). The summed E-state index contributed by atoms with van der Waals surface area (Å²) in [4.78, 5) is 29.4. The molecular weight excluding hydrogens is 360 g/mol. The van der Waals surface area contributed by atoms with Crippen LogP contribution in [0.4, 0.5) is 5.13 Å². The molecule has 0 spiro atoms. The van der Waals surface area contributed by atoms with Crippen molar-refractivity contribution < 1.29 is 4.79 Å². The second kappa shape index (κ2) is 6.77. The summed E-state index contributed by atoms with van der Waals surface area (Å²) in [6, 6.07) is 16.7. The van der Waals surface area contributed by atoms with Gasteiger partial charge in [-0.25, -0.2) is 9.67 Å². The summed E-state index contributed by atoms with van der Waals surface area (Å²) in [7, 11) is 0. The molecule has 134 valence electrons. The summed E-state index contributed by atoms with van der Waals surface area (Å²) in [5.74, 6) is -0.569. The number of fused-ring (bicyclic) bond motifs is 1. The molecule has 7 heteroatoms. The Kier molecular flexibility index (Phi) is 4.29. The molecular formula is C20H16N4O2S. The number of nitrogens with zero attached hydrogens (tertiary/aromatic N) is 3. The maximum absolute atomic E-state index is 12.7. The first-order valence-corrected chi connectivity index (χ1v) is 9.18. The number of benzene rings is 2. The third-order valence-corrected chi connectivity index (χ3v) is 5.02. The predicted molar refractivity (Wildman–Crippen MR) is 107 cm³/mol. The number of rotatable bonds is 3. The van der Waals surface area contributed by atoms with Crippen LogP contribution in [-0.4, -0.2) is 20.7 Å². The molecule has 2 aromatic heterocycles. The van der Waals surface area contributed by atoms with Gasteiger partial charge in [0.25, 0.3) is 5.91 Å². The molecule has 0 saturated carbocycles. The third kappa shape index (κ3) is 3.37. The average Bonchev–Trinajstić information content (AvgIpc) is 3.03. The largest absolute Gasteiger partial charge is 0.296 e. The van der Waals surface area contributed by atoms with E-state index in [1.165, 1.54) is 17.4 Å². The van der Waals surface area contributed by atoms with Crippen LogP contribution in [0.25, 0.3) is 15.9 Å². The lowest BCUT2D eigenvalue weighted by Gasteiger charge is -2.10. The van der Waals surface area contributed by atoms with Gasteiger partial charge < -0.3 is 0 Å². The highest BCUT2D eigenvalue weighted by Crippen LogP contribution is 2.26. The molecule has 0 radical (unpaired) electrons. The number of carbonyl (C=O) groups is 1. The SMILES string of the molecule is Cc1ccc2nc(NC(=O)c3nn(-c4ccccc4)c(C)cc3=O)sc2c1. The van der Waals surface area contributed by atoms with Crippen molar-refractivity contribution in [3.05, 3.63) is 81.8 Å². The first-order valence-electron chi connectivity index (χ1n) is 8.36. The Labute approximate surface area is 159 Å². The molecule has 0 atom stereocenters. The van der Waals surface area contributed by atoms with Crippen LogP contribution in [-0.2, 0) is 0 Å². The fourth-order valence-electron chi connectivity index (χ4n) is 2.78. The minimum atomic E-state index is -0.569. The molecule has 0 fully saturated rings. The number of hydrogen-bond donors (Lipinski definition) is 1. The van der Waals surface area contributed by atoms with Gasteiger partial charge in [0.1, 0.15) is 0 Å². The highest BCUT2D eigenvalue weighted by Gasteiger charge is 2.17. The van der Waals surface area contributed by atoms with E-state index < -0.39 is 11.3 Å². The summed E-state index contributed by atoms with van der Waals surface area (Å²) in [5, 5.41) is 7.41. The Bertz CT molecular complexity index is 1210. The van der Waals surface area contributed by atoms with Crippen molar-refractivity contribution in [3.8, 4) is 5.69 Å². The van der Waals surface area contributed by atoms with Gasteiger partial charge in [-0.1, -0.05) is 35.6 Å². The van der Waals surface area contributed by atoms with E-state index in [1.54, 1.807) is 11.6 Å². The molecule has 6 nitrogen and oxygen atoms in total. The molecule has 1 N–H and O–H groups in total. The molecule has 0 unspecified atom stereocenters. The molecule has 0 aliphatic heterocycles. The minimum absolute atomic E-state index is 0.167. The monoisotopic (exact) mass is 376 g/mol. The van der Waals surface area contributed by atoms with Crippen LogP contribution in [0.5, 0.6) is 0 Å². The van der Waals surface area contributed by atoms with Crippen LogP contribution in [0.1, 0.15) is 21.7 Å². The maximum Gasteiger partial charge on any atom is 0.281 e. The van der Waals surface area contributed by atoms with E-state index in [2.05, 4.69) is 15.4 Å². The third-order valence-electron chi connectivity index (χ3n) is 4.09. The topological polar surface area (TPSA) is 76.9 Å². The number of aryl methyl sites for hydroxylation is 2. The van der Waals surface area contributed by atoms with Gasteiger partial charge in [-0.2, -0.15) is 5.10 Å². The van der Waals surface area contributed by atoms with E-state index in [-0.39, 0.29) is 5.69 Å². The van der Waals surface area contributed by atoms with Crippen LogP contribution in [0, 0.1) is 13.8 Å². The number of nitrogens with one attached hydrogen (secondary N) is 1. The highest BCUT2D eigenvalue weighted by molar-refractivity contribution is 7.22. The van der Waals surface area contributed by atoms with Crippen LogP contribution in [0.3, 0.4) is 0 Å². The van der Waals surface area contributed by atoms with E-state index in [0.29, 0.717) is 10.8 Å². The fourth-order valence-corrected chi connectivity index (χ4v) is 3.74. The van der Waals surface area contributed by atoms with Gasteiger partial charge in [0, 0.05) is 11.8 Å². The van der Waals surface area contributed by atoms with E-state index >= 15 is 0 Å². The number of anilines is 1. The van der Waals surface area contributed by atoms with Crippen molar-refractivity contribution in [1.82, 2.24) is 14.8 Å². The van der Waals surface area contributed by atoms with Gasteiger partial charge in [0.15, 0.2) is 10.8 Å². The van der Waals surface area contributed by atoms with Crippen molar-refractivity contribution in [2.45, 2.75) is 13.8 Å². The first kappa shape index (κ1) is 17.1. The lowest BCUT2D eigenvalue weighted by atomic mass is 10.2. The van der Waals surface area contributed by atoms with E-state index in [1.807, 2.05) is 55.5 Å². The van der Waals surface area contributed by atoms with Gasteiger partial charge in [0.05, 0.1) is 15.9 Å². The Morgan fingerprint density at radius 1 is 1.07 bits per heavy atom. The number of hydrogen-bond acceptors (Lipinski definition) is 5. The zero-order chi connectivity index (χ0) is 19.0. The van der Waals surface area contributed by atoms with Crippen LogP contribution >= 0.6 is 11.3 Å². The summed E-state index contributed by atoms with van der Waals surface area (Å²) < 4.78 is 2.56. The summed E-state index contributed by atoms with van der Waals surface area (Å²) in [6.45, 7) is 3.78. The van der Waals surface area contributed by atoms with Crippen LogP contribution < -0.4 is 10.7 Å². The second-order valence-corrected chi connectivity index (χ2v) is 7.22. The van der Waals surface area contributed by atoms with Gasteiger partial charge in [-0.05, 0) is 43.7 Å². The van der Waals surface area contributed by atoms with Gasteiger partial charge >= 0.3 is 0 Å². The molecule has 0 bridgehead atoms. The summed E-state index contributed by atoms with van der Waals surface area (Å²) >= 11 is 1.36. The highest BCUT2D eigenvalue weighted by atomic mass is 32.1. The quantitative estimate of drug-likeness (QED) is 0.591. The van der Waals surface area contributed by atoms with Gasteiger partial charge in [-0.15, -0.1) is 0 Å². The first-order chi connectivity index (χ1) is 13.0. The van der Waals surface area contributed by atoms with E-state index in [4.69, 9.17) is 0 Å². The Morgan fingerprint density at radius 2 is 1.85 bits per heavy atom. The number of para-hydroxylation sites is 1. The molecule has 0 saturated heterocycles. The number of amides is 1. The lowest BCUT2D eigenvalue weighted by Crippen LogP contribution is -2.26. The maximum atomic E-state index is 12.7. The molecule has 27 heavy (non-hydrogen) atoms. The van der Waals surface area contributed by atoms with Crippen LogP contribution in [0.2, 0.25) is 0 Å². The summed E-state index contributed by atoms with van der Waals surface area (Å²) in [6.07, 6.45) is 0. The summed E-state index contributed by atoms with van der Waals surface area (Å²) in [5.41, 5.74) is 2.76. The minimum Gasteiger partial charge on any atom is -0.296 e. The molecule has 4 aromatic rings. The smallest absolute Gasteiger partial charge is 0.281 e. The molecule has 0 aliphatic rings. The van der Waals surface area contributed by atoms with Gasteiger partial charge in [-0.3, -0.25) is 14.9 Å². The Balaban J connectivity index is 1.69. The zero-order valence-corrected chi connectivity index (χ0v) is 15.6. The van der Waals surface area contributed by atoms with Crippen molar-refractivity contribution in [2.24, 2.45) is 0 Å². The lowest BCUT2D eigenvalue weighted by molar-refractivity contribution is 0.101. The zero-order valence-electron chi connectivity index (χ0n) is 14.8. The number of thiazole rings is 1. The van der Waals surface area contributed by atoms with Crippen molar-refractivity contribution >= 4 is 32.6 Å². The Morgan fingerprint density at radius 3 is 2.63 bits per heavy atom. The normalized spacial score (nSPS) is 10.9.